The van der Waals surface area contributed by atoms with Gasteiger partial charge in [-0.1, -0.05) is 43.9 Å². The number of aliphatic carboxylic acids is 1. The standard InChI is InChI=1S/C18H25NO4/c1-23-16-11-7-6-8-13(16)12-17(20)19-15-10-5-3-2-4-9-14(15)18(21)22/h6-8,11,14-15H,2-5,9-10,12H2,1H3,(H,19,20)(H,21,22). The molecule has 2 atom stereocenters. The van der Waals surface area contributed by atoms with Crippen LogP contribution in [0.3, 0.4) is 0 Å². The number of carboxylic acids is 1. The molecule has 0 radical (unpaired) electrons. The lowest BCUT2D eigenvalue weighted by atomic mass is 9.86. The topological polar surface area (TPSA) is 75.6 Å². The van der Waals surface area contributed by atoms with Crippen LogP contribution in [0.15, 0.2) is 24.3 Å². The summed E-state index contributed by atoms with van der Waals surface area (Å²) < 4.78 is 5.26. The summed E-state index contributed by atoms with van der Waals surface area (Å²) in [7, 11) is 1.58. The summed E-state index contributed by atoms with van der Waals surface area (Å²) >= 11 is 0. The minimum absolute atomic E-state index is 0.147. The molecule has 0 heterocycles. The van der Waals surface area contributed by atoms with Crippen LogP contribution in [0.4, 0.5) is 0 Å². The molecule has 0 aromatic heterocycles. The van der Waals surface area contributed by atoms with Crippen molar-refractivity contribution in [2.24, 2.45) is 5.92 Å². The van der Waals surface area contributed by atoms with Crippen LogP contribution in [0, 0.1) is 5.92 Å². The first-order chi connectivity index (χ1) is 11.1. The predicted octanol–water partition coefficient (Wildman–Crippen LogP) is 2.78. The van der Waals surface area contributed by atoms with E-state index in [0.717, 1.165) is 37.7 Å². The molecule has 126 valence electrons. The number of carbonyl (C=O) groups is 2. The number of hydrogen-bond acceptors (Lipinski definition) is 3. The van der Waals surface area contributed by atoms with Gasteiger partial charge in [0.2, 0.25) is 5.91 Å². The van der Waals surface area contributed by atoms with Crippen LogP contribution in [0.2, 0.25) is 0 Å². The van der Waals surface area contributed by atoms with Crippen LogP contribution >= 0.6 is 0 Å². The second kappa shape index (κ2) is 8.56. The van der Waals surface area contributed by atoms with Gasteiger partial charge in [-0.05, 0) is 18.9 Å². The van der Waals surface area contributed by atoms with Gasteiger partial charge < -0.3 is 15.2 Å². The molecule has 0 bridgehead atoms. The van der Waals surface area contributed by atoms with Gasteiger partial charge >= 0.3 is 5.97 Å². The number of carboxylic acid groups (broad SMARTS) is 1. The third-order valence-corrected chi connectivity index (χ3v) is 4.47. The second-order valence-corrected chi connectivity index (χ2v) is 6.10. The number of para-hydroxylation sites is 1. The summed E-state index contributed by atoms with van der Waals surface area (Å²) in [6, 6.07) is 7.11. The Morgan fingerprint density at radius 3 is 2.57 bits per heavy atom. The minimum atomic E-state index is -0.811. The van der Waals surface area contributed by atoms with E-state index in [1.54, 1.807) is 7.11 Å². The molecule has 0 aliphatic heterocycles. The Morgan fingerprint density at radius 1 is 1.17 bits per heavy atom. The van der Waals surface area contributed by atoms with Crippen molar-refractivity contribution in [3.05, 3.63) is 29.8 Å². The van der Waals surface area contributed by atoms with Gasteiger partial charge in [0.1, 0.15) is 5.75 Å². The largest absolute Gasteiger partial charge is 0.496 e. The van der Waals surface area contributed by atoms with Crippen LogP contribution in [0.25, 0.3) is 0 Å². The summed E-state index contributed by atoms with van der Waals surface area (Å²) in [5.41, 5.74) is 0.810. The van der Waals surface area contributed by atoms with E-state index in [1.807, 2.05) is 24.3 Å². The number of carbonyl (C=O) groups excluding carboxylic acids is 1. The normalized spacial score (nSPS) is 21.8. The molecule has 0 spiro atoms. The van der Waals surface area contributed by atoms with E-state index in [1.165, 1.54) is 0 Å². The average Bonchev–Trinajstić information content (AvgIpc) is 2.50. The molecule has 1 aromatic carbocycles. The Hall–Kier alpha value is -2.04. The fourth-order valence-electron chi connectivity index (χ4n) is 3.23. The maximum atomic E-state index is 12.4. The zero-order chi connectivity index (χ0) is 16.7. The van der Waals surface area contributed by atoms with Crippen LogP contribution < -0.4 is 10.1 Å². The number of amides is 1. The van der Waals surface area contributed by atoms with Crippen molar-refractivity contribution in [1.29, 1.82) is 0 Å². The van der Waals surface area contributed by atoms with Gasteiger partial charge in [0.15, 0.2) is 0 Å². The van der Waals surface area contributed by atoms with E-state index < -0.39 is 11.9 Å². The lowest BCUT2D eigenvalue weighted by Gasteiger charge is -2.27. The van der Waals surface area contributed by atoms with Crippen LogP contribution in [-0.2, 0) is 16.0 Å². The zero-order valence-electron chi connectivity index (χ0n) is 13.6. The van der Waals surface area contributed by atoms with E-state index >= 15 is 0 Å². The molecule has 2 rings (SSSR count). The molecule has 2 unspecified atom stereocenters. The molecule has 1 fully saturated rings. The summed E-state index contributed by atoms with van der Waals surface area (Å²) in [4.78, 5) is 23.9. The van der Waals surface area contributed by atoms with E-state index in [-0.39, 0.29) is 18.4 Å². The van der Waals surface area contributed by atoms with Gasteiger partial charge in [0.25, 0.3) is 0 Å². The molecule has 1 aliphatic carbocycles. The van der Waals surface area contributed by atoms with Gasteiger partial charge in [-0.25, -0.2) is 0 Å². The molecule has 1 amide bonds. The molecular formula is C18H25NO4. The van der Waals surface area contributed by atoms with Crippen molar-refractivity contribution < 1.29 is 19.4 Å². The van der Waals surface area contributed by atoms with Crippen molar-refractivity contribution in [2.75, 3.05) is 7.11 Å². The number of hydrogen-bond donors (Lipinski definition) is 2. The first-order valence-corrected chi connectivity index (χ1v) is 8.26. The van der Waals surface area contributed by atoms with Crippen molar-refractivity contribution in [3.63, 3.8) is 0 Å². The Kier molecular flexibility index (Phi) is 6.44. The average molecular weight is 319 g/mol. The van der Waals surface area contributed by atoms with Crippen molar-refractivity contribution >= 4 is 11.9 Å². The molecule has 0 saturated heterocycles. The number of benzene rings is 1. The molecule has 2 N–H and O–H groups in total. The molecular weight excluding hydrogens is 294 g/mol. The summed E-state index contributed by atoms with van der Waals surface area (Å²) in [5.74, 6) is -0.771. The maximum Gasteiger partial charge on any atom is 0.308 e. The molecule has 5 heteroatoms. The fraction of sp³-hybridized carbons (Fsp3) is 0.556. The summed E-state index contributed by atoms with van der Waals surface area (Å²) in [6.07, 6.45) is 5.62. The fourth-order valence-corrected chi connectivity index (χ4v) is 3.23. The Bertz CT molecular complexity index is 544. The lowest BCUT2D eigenvalue weighted by Crippen LogP contribution is -2.44. The highest BCUT2D eigenvalue weighted by Gasteiger charge is 2.29. The van der Waals surface area contributed by atoms with Gasteiger partial charge in [-0.2, -0.15) is 0 Å². The van der Waals surface area contributed by atoms with Crippen molar-refractivity contribution in [2.45, 2.75) is 51.0 Å². The van der Waals surface area contributed by atoms with Gasteiger partial charge in [-0.3, -0.25) is 9.59 Å². The summed E-state index contributed by atoms with van der Waals surface area (Å²) in [6.45, 7) is 0. The Labute approximate surface area is 137 Å². The highest BCUT2D eigenvalue weighted by Crippen LogP contribution is 2.24. The molecule has 1 aromatic rings. The molecule has 5 nitrogen and oxygen atoms in total. The first kappa shape index (κ1) is 17.3. The van der Waals surface area contributed by atoms with Gasteiger partial charge in [0, 0.05) is 11.6 Å². The smallest absolute Gasteiger partial charge is 0.308 e. The maximum absolute atomic E-state index is 12.4. The number of nitrogens with one attached hydrogen (secondary N) is 1. The molecule has 1 aliphatic rings. The van der Waals surface area contributed by atoms with Crippen LogP contribution in [0.5, 0.6) is 5.75 Å². The first-order valence-electron chi connectivity index (χ1n) is 8.26. The Balaban J connectivity index is 2.02. The zero-order valence-corrected chi connectivity index (χ0v) is 13.6. The summed E-state index contributed by atoms with van der Waals surface area (Å²) in [5, 5.41) is 12.4. The molecule has 1 saturated carbocycles. The minimum Gasteiger partial charge on any atom is -0.496 e. The third kappa shape index (κ3) is 4.98. The van der Waals surface area contributed by atoms with E-state index in [4.69, 9.17) is 4.74 Å². The monoisotopic (exact) mass is 319 g/mol. The van der Waals surface area contributed by atoms with Gasteiger partial charge in [-0.15, -0.1) is 0 Å². The quantitative estimate of drug-likeness (QED) is 0.875. The number of rotatable bonds is 5. The predicted molar refractivity (Wildman–Crippen MR) is 87.5 cm³/mol. The van der Waals surface area contributed by atoms with Crippen LogP contribution in [-0.4, -0.2) is 30.1 Å². The van der Waals surface area contributed by atoms with Crippen molar-refractivity contribution in [3.8, 4) is 5.75 Å². The van der Waals surface area contributed by atoms with E-state index in [2.05, 4.69) is 5.32 Å². The lowest BCUT2D eigenvalue weighted by molar-refractivity contribution is -0.143. The van der Waals surface area contributed by atoms with E-state index in [9.17, 15) is 14.7 Å². The molecule has 23 heavy (non-hydrogen) atoms. The highest BCUT2D eigenvalue weighted by atomic mass is 16.5. The third-order valence-electron chi connectivity index (χ3n) is 4.47. The van der Waals surface area contributed by atoms with Gasteiger partial charge in [0.05, 0.1) is 19.4 Å². The SMILES string of the molecule is COc1ccccc1CC(=O)NC1CCCCCCC1C(=O)O. The van der Waals surface area contributed by atoms with Crippen molar-refractivity contribution in [1.82, 2.24) is 5.32 Å². The van der Waals surface area contributed by atoms with Crippen LogP contribution in [0.1, 0.15) is 44.1 Å². The number of methoxy groups -OCH3 is 1. The van der Waals surface area contributed by atoms with E-state index in [0.29, 0.717) is 12.2 Å². The second-order valence-electron chi connectivity index (χ2n) is 6.10. The highest BCUT2D eigenvalue weighted by molar-refractivity contribution is 5.80. The Morgan fingerprint density at radius 2 is 1.87 bits per heavy atom. The number of ether oxygens (including phenoxy) is 1.